The number of hydrogen-bond acceptors (Lipinski definition) is 3. The Hall–Kier alpha value is -1.52. The average Bonchev–Trinajstić information content (AvgIpc) is 2.90. The maximum atomic E-state index is 13.4. The van der Waals surface area contributed by atoms with Crippen LogP contribution in [0.2, 0.25) is 10.0 Å². The first-order valence-electron chi connectivity index (χ1n) is 13.3. The van der Waals surface area contributed by atoms with E-state index in [0.717, 1.165) is 56.7 Å². The minimum absolute atomic E-state index is 0.0751. The Morgan fingerprint density at radius 1 is 0.795 bits per heavy atom. The van der Waals surface area contributed by atoms with Gasteiger partial charge >= 0.3 is 12.4 Å². The summed E-state index contributed by atoms with van der Waals surface area (Å²) in [4.78, 5) is 4.88. The second-order valence-corrected chi connectivity index (χ2v) is 11.3. The van der Waals surface area contributed by atoms with Gasteiger partial charge in [0, 0.05) is 37.8 Å². The van der Waals surface area contributed by atoms with Gasteiger partial charge in [0.15, 0.2) is 0 Å². The van der Waals surface area contributed by atoms with Crippen molar-refractivity contribution in [3.63, 3.8) is 0 Å². The summed E-state index contributed by atoms with van der Waals surface area (Å²) >= 11 is 12.4. The van der Waals surface area contributed by atoms with Gasteiger partial charge in [0.2, 0.25) is 0 Å². The first-order valence-corrected chi connectivity index (χ1v) is 14.0. The Labute approximate surface area is 235 Å². The summed E-state index contributed by atoms with van der Waals surface area (Å²) in [6.07, 6.45) is -4.08. The predicted octanol–water partition coefficient (Wildman–Crippen LogP) is 8.37. The standard InChI is InChI=1S/C28H33Cl2F6N3/c1-18(20-13-21(27(31,32)33)16-22(14-20)28(34,35)36)37-17-26(19-5-6-24(29)25(30)15-19)39-11-7-23(8-12-39)38-9-3-2-4-10-38/h5-6,13-16,18,23,26,37H,2-4,7-12,17H2,1H3. The zero-order chi connectivity index (χ0) is 28.4. The van der Waals surface area contributed by atoms with Gasteiger partial charge in [-0.25, -0.2) is 0 Å². The fraction of sp³-hybridized carbons (Fsp3) is 0.571. The number of nitrogens with zero attached hydrogens (tertiary/aromatic N) is 2. The molecule has 2 fully saturated rings. The van der Waals surface area contributed by atoms with Crippen LogP contribution in [0.5, 0.6) is 0 Å². The second-order valence-electron chi connectivity index (χ2n) is 10.5. The Bertz CT molecular complexity index is 1080. The first-order chi connectivity index (χ1) is 18.3. The van der Waals surface area contributed by atoms with Gasteiger partial charge < -0.3 is 10.2 Å². The van der Waals surface area contributed by atoms with E-state index in [4.69, 9.17) is 23.2 Å². The van der Waals surface area contributed by atoms with Crippen molar-refractivity contribution in [3.05, 3.63) is 68.7 Å². The molecule has 0 aliphatic carbocycles. The lowest BCUT2D eigenvalue weighted by Gasteiger charge is -2.43. The normalized spacial score (nSPS) is 20.2. The van der Waals surface area contributed by atoms with Gasteiger partial charge in [0.25, 0.3) is 0 Å². The lowest BCUT2D eigenvalue weighted by Crippen LogP contribution is -2.48. The number of piperidine rings is 2. The molecule has 0 aromatic heterocycles. The second kappa shape index (κ2) is 12.6. The number of halogens is 8. The number of benzene rings is 2. The topological polar surface area (TPSA) is 18.5 Å². The maximum absolute atomic E-state index is 13.4. The van der Waals surface area contributed by atoms with Crippen LogP contribution in [0.1, 0.15) is 73.4 Å². The van der Waals surface area contributed by atoms with Crippen LogP contribution in [0, 0.1) is 0 Å². The molecule has 1 N–H and O–H groups in total. The van der Waals surface area contributed by atoms with E-state index in [1.165, 1.54) is 19.3 Å². The van der Waals surface area contributed by atoms with Crippen molar-refractivity contribution < 1.29 is 26.3 Å². The molecule has 0 amide bonds. The van der Waals surface area contributed by atoms with Crippen LogP contribution in [0.15, 0.2) is 36.4 Å². The Morgan fingerprint density at radius 3 is 1.92 bits per heavy atom. The number of nitrogens with one attached hydrogen (secondary N) is 1. The lowest BCUT2D eigenvalue weighted by molar-refractivity contribution is -0.143. The highest BCUT2D eigenvalue weighted by atomic mass is 35.5. The summed E-state index contributed by atoms with van der Waals surface area (Å²) in [5.74, 6) is 0. The van der Waals surface area contributed by atoms with Crippen molar-refractivity contribution in [3.8, 4) is 0 Å². The molecule has 2 heterocycles. The molecule has 0 saturated carbocycles. The highest BCUT2D eigenvalue weighted by Crippen LogP contribution is 2.38. The third-order valence-corrected chi connectivity index (χ3v) is 8.64. The smallest absolute Gasteiger partial charge is 0.308 e. The summed E-state index contributed by atoms with van der Waals surface area (Å²) in [5.41, 5.74) is -1.82. The number of hydrogen-bond donors (Lipinski definition) is 1. The molecule has 0 bridgehead atoms. The molecule has 2 unspecified atom stereocenters. The summed E-state index contributed by atoms with van der Waals surface area (Å²) in [7, 11) is 0. The third-order valence-electron chi connectivity index (χ3n) is 7.90. The third kappa shape index (κ3) is 7.82. The van der Waals surface area contributed by atoms with Crippen LogP contribution in [-0.4, -0.2) is 48.6 Å². The van der Waals surface area contributed by atoms with Gasteiger partial charge in [-0.05, 0) is 87.2 Å². The van der Waals surface area contributed by atoms with Crippen LogP contribution >= 0.6 is 23.2 Å². The zero-order valence-electron chi connectivity index (χ0n) is 21.7. The highest BCUT2D eigenvalue weighted by Gasteiger charge is 2.37. The molecule has 2 aromatic carbocycles. The molecule has 2 aliphatic rings. The first kappa shape index (κ1) is 30.4. The van der Waals surface area contributed by atoms with Gasteiger partial charge in [0.1, 0.15) is 0 Å². The summed E-state index contributed by atoms with van der Waals surface area (Å²) in [5, 5.41) is 4.00. The molecule has 4 rings (SSSR count). The van der Waals surface area contributed by atoms with Gasteiger partial charge in [-0.2, -0.15) is 26.3 Å². The van der Waals surface area contributed by atoms with Gasteiger partial charge in [-0.15, -0.1) is 0 Å². The van der Waals surface area contributed by atoms with E-state index >= 15 is 0 Å². The quantitative estimate of drug-likeness (QED) is 0.324. The van der Waals surface area contributed by atoms with Crippen LogP contribution in [0.25, 0.3) is 0 Å². The number of likely N-dealkylation sites (tertiary alicyclic amines) is 2. The van der Waals surface area contributed by atoms with Crippen LogP contribution in [-0.2, 0) is 12.4 Å². The van der Waals surface area contributed by atoms with Gasteiger partial charge in [0.05, 0.1) is 21.2 Å². The van der Waals surface area contributed by atoms with Crippen LogP contribution < -0.4 is 5.32 Å². The maximum Gasteiger partial charge on any atom is 0.416 e. The Morgan fingerprint density at radius 2 is 1.38 bits per heavy atom. The molecular weight excluding hydrogens is 563 g/mol. The van der Waals surface area contributed by atoms with Gasteiger partial charge in [-0.3, -0.25) is 4.90 Å². The van der Waals surface area contributed by atoms with E-state index in [0.29, 0.717) is 22.6 Å². The molecule has 2 atom stereocenters. The largest absolute Gasteiger partial charge is 0.416 e. The summed E-state index contributed by atoms with van der Waals surface area (Å²) in [6, 6.07) is 6.66. The van der Waals surface area contributed by atoms with Crippen molar-refractivity contribution in [2.24, 2.45) is 0 Å². The van der Waals surface area contributed by atoms with Crippen LogP contribution in [0.3, 0.4) is 0 Å². The van der Waals surface area contributed by atoms with E-state index in [9.17, 15) is 26.3 Å². The predicted molar refractivity (Wildman–Crippen MR) is 142 cm³/mol. The summed E-state index contributed by atoms with van der Waals surface area (Å²) < 4.78 is 80.4. The minimum atomic E-state index is -4.89. The fourth-order valence-corrected chi connectivity index (χ4v) is 5.97. The molecule has 3 nitrogen and oxygen atoms in total. The molecular formula is C28H33Cl2F6N3. The molecule has 39 heavy (non-hydrogen) atoms. The van der Waals surface area contributed by atoms with Crippen molar-refractivity contribution in [2.75, 3.05) is 32.7 Å². The monoisotopic (exact) mass is 595 g/mol. The molecule has 0 radical (unpaired) electrons. The zero-order valence-corrected chi connectivity index (χ0v) is 23.2. The van der Waals surface area contributed by atoms with Crippen LogP contribution in [0.4, 0.5) is 26.3 Å². The Balaban J connectivity index is 1.52. The van der Waals surface area contributed by atoms with E-state index < -0.39 is 29.5 Å². The van der Waals surface area contributed by atoms with Crippen molar-refractivity contribution in [1.82, 2.24) is 15.1 Å². The lowest BCUT2D eigenvalue weighted by atomic mass is 9.96. The average molecular weight is 596 g/mol. The molecule has 2 aromatic rings. The molecule has 0 spiro atoms. The van der Waals surface area contributed by atoms with Crippen molar-refractivity contribution >= 4 is 23.2 Å². The number of alkyl halides is 6. The van der Waals surface area contributed by atoms with Gasteiger partial charge in [-0.1, -0.05) is 35.7 Å². The van der Waals surface area contributed by atoms with E-state index in [-0.39, 0.29) is 17.7 Å². The van der Waals surface area contributed by atoms with E-state index in [2.05, 4.69) is 15.1 Å². The Kier molecular flexibility index (Phi) is 9.80. The van der Waals surface area contributed by atoms with E-state index in [1.807, 2.05) is 6.07 Å². The summed E-state index contributed by atoms with van der Waals surface area (Å²) in [6.45, 7) is 5.77. The number of rotatable bonds is 7. The fourth-order valence-electron chi connectivity index (χ4n) is 5.66. The SMILES string of the molecule is CC(NCC(c1ccc(Cl)c(Cl)c1)N1CCC(N2CCCCC2)CC1)c1cc(C(F)(F)F)cc(C(F)(F)F)c1. The van der Waals surface area contributed by atoms with E-state index in [1.54, 1.807) is 19.1 Å². The van der Waals surface area contributed by atoms with Crippen molar-refractivity contribution in [2.45, 2.75) is 69.5 Å². The van der Waals surface area contributed by atoms with Crippen molar-refractivity contribution in [1.29, 1.82) is 0 Å². The highest BCUT2D eigenvalue weighted by molar-refractivity contribution is 6.42. The molecule has 2 saturated heterocycles. The minimum Gasteiger partial charge on any atom is -0.308 e. The molecule has 2 aliphatic heterocycles. The molecule has 216 valence electrons. The molecule has 11 heteroatoms.